The lowest BCUT2D eigenvalue weighted by Crippen LogP contribution is -1.87. The third-order valence-corrected chi connectivity index (χ3v) is 6.25. The van der Waals surface area contributed by atoms with Crippen molar-refractivity contribution in [3.63, 3.8) is 0 Å². The maximum absolute atomic E-state index is 9.76. The van der Waals surface area contributed by atoms with E-state index in [1.54, 1.807) is 23.6 Å². The molecular formula is C23H16N6OS. The monoisotopic (exact) mass is 424 g/mol. The van der Waals surface area contributed by atoms with E-state index in [1.165, 1.54) is 16.0 Å². The van der Waals surface area contributed by atoms with E-state index < -0.39 is 0 Å². The molecule has 6 aromatic rings. The molecule has 31 heavy (non-hydrogen) atoms. The van der Waals surface area contributed by atoms with Crippen LogP contribution >= 0.6 is 11.3 Å². The summed E-state index contributed by atoms with van der Waals surface area (Å²) in [6.45, 7) is 2.11. The van der Waals surface area contributed by atoms with Crippen molar-refractivity contribution in [3.8, 4) is 38.8 Å². The van der Waals surface area contributed by atoms with Gasteiger partial charge in [-0.1, -0.05) is 0 Å². The lowest BCUT2D eigenvalue weighted by Gasteiger charge is -2.01. The van der Waals surface area contributed by atoms with E-state index in [1.807, 2.05) is 24.4 Å². The van der Waals surface area contributed by atoms with E-state index in [9.17, 15) is 5.11 Å². The third-order valence-electron chi connectivity index (χ3n) is 5.22. The predicted octanol–water partition coefficient (Wildman–Crippen LogP) is 5.31. The Morgan fingerprint density at radius 2 is 1.97 bits per heavy atom. The molecule has 0 fully saturated rings. The summed E-state index contributed by atoms with van der Waals surface area (Å²) in [6, 6.07) is 13.8. The smallest absolute Gasteiger partial charge is 0.138 e. The minimum Gasteiger partial charge on any atom is -0.506 e. The molecule has 0 saturated heterocycles. The second-order valence-electron chi connectivity index (χ2n) is 7.31. The van der Waals surface area contributed by atoms with Crippen LogP contribution in [0.2, 0.25) is 0 Å². The average Bonchev–Trinajstić information content (AvgIpc) is 3.50. The molecule has 150 valence electrons. The number of aromatic hydroxyl groups is 1. The number of rotatable bonds is 3. The summed E-state index contributed by atoms with van der Waals surface area (Å²) in [5.74, 6) is 0.102. The summed E-state index contributed by atoms with van der Waals surface area (Å²) in [4.78, 5) is 19.2. The second kappa shape index (κ2) is 6.75. The molecule has 6 heterocycles. The Morgan fingerprint density at radius 1 is 1.03 bits per heavy atom. The molecule has 0 atom stereocenters. The topological polar surface area (TPSA) is 103 Å². The molecule has 0 amide bonds. The minimum absolute atomic E-state index is 0.102. The van der Waals surface area contributed by atoms with Gasteiger partial charge in [-0.2, -0.15) is 5.10 Å². The van der Waals surface area contributed by atoms with Crippen LogP contribution in [0.25, 0.3) is 55.2 Å². The molecule has 0 spiro atoms. The van der Waals surface area contributed by atoms with Crippen LogP contribution in [-0.2, 0) is 0 Å². The second-order valence-corrected chi connectivity index (χ2v) is 8.60. The molecule has 0 aliphatic heterocycles. The summed E-state index contributed by atoms with van der Waals surface area (Å²) in [5.41, 5.74) is 6.52. The van der Waals surface area contributed by atoms with Crippen LogP contribution in [-0.4, -0.2) is 35.2 Å². The fourth-order valence-electron chi connectivity index (χ4n) is 3.76. The van der Waals surface area contributed by atoms with Crippen molar-refractivity contribution < 1.29 is 5.11 Å². The van der Waals surface area contributed by atoms with Gasteiger partial charge in [-0.25, -0.2) is 9.97 Å². The average molecular weight is 424 g/mol. The van der Waals surface area contributed by atoms with Crippen LogP contribution in [0.15, 0.2) is 61.1 Å². The van der Waals surface area contributed by atoms with Gasteiger partial charge in [-0.05, 0) is 49.4 Å². The Bertz CT molecular complexity index is 1580. The van der Waals surface area contributed by atoms with Gasteiger partial charge in [0, 0.05) is 38.7 Å². The summed E-state index contributed by atoms with van der Waals surface area (Å²) in [6.07, 6.45) is 4.89. The van der Waals surface area contributed by atoms with Crippen LogP contribution in [0.1, 0.15) is 4.88 Å². The van der Waals surface area contributed by atoms with Gasteiger partial charge in [-0.3, -0.25) is 10.1 Å². The number of hydrogen-bond donors (Lipinski definition) is 3. The van der Waals surface area contributed by atoms with E-state index in [4.69, 9.17) is 4.98 Å². The first-order valence-electron chi connectivity index (χ1n) is 9.70. The first-order valence-corrected chi connectivity index (χ1v) is 10.5. The third kappa shape index (κ3) is 2.96. The lowest BCUT2D eigenvalue weighted by atomic mass is 10.1. The van der Waals surface area contributed by atoms with Crippen molar-refractivity contribution in [2.24, 2.45) is 0 Å². The van der Waals surface area contributed by atoms with Crippen LogP contribution in [0.4, 0.5) is 0 Å². The van der Waals surface area contributed by atoms with E-state index in [0.29, 0.717) is 5.69 Å². The maximum Gasteiger partial charge on any atom is 0.138 e. The Kier molecular flexibility index (Phi) is 3.87. The van der Waals surface area contributed by atoms with Crippen LogP contribution in [0, 0.1) is 6.92 Å². The van der Waals surface area contributed by atoms with E-state index in [0.717, 1.165) is 44.6 Å². The molecule has 6 aromatic heterocycles. The van der Waals surface area contributed by atoms with Crippen LogP contribution in [0.3, 0.4) is 0 Å². The zero-order valence-electron chi connectivity index (χ0n) is 16.4. The molecule has 0 aromatic carbocycles. The van der Waals surface area contributed by atoms with Crippen molar-refractivity contribution in [1.29, 1.82) is 0 Å². The number of hydrogen-bond acceptors (Lipinski definition) is 6. The molecule has 7 nitrogen and oxygen atoms in total. The number of pyridine rings is 3. The number of H-pyrrole nitrogens is 2. The fourth-order valence-corrected chi connectivity index (χ4v) is 4.67. The van der Waals surface area contributed by atoms with Gasteiger partial charge in [-0.15, -0.1) is 11.3 Å². The number of nitrogens with zero attached hydrogens (tertiary/aromatic N) is 4. The van der Waals surface area contributed by atoms with Gasteiger partial charge >= 0.3 is 0 Å². The summed E-state index contributed by atoms with van der Waals surface area (Å²) in [5, 5.41) is 18.4. The highest BCUT2D eigenvalue weighted by Crippen LogP contribution is 2.36. The van der Waals surface area contributed by atoms with E-state index in [-0.39, 0.29) is 5.75 Å². The highest BCUT2D eigenvalue weighted by molar-refractivity contribution is 7.15. The maximum atomic E-state index is 9.76. The minimum atomic E-state index is 0.102. The number of thiophene rings is 1. The Hall–Kier alpha value is -4.04. The van der Waals surface area contributed by atoms with Crippen molar-refractivity contribution in [1.82, 2.24) is 30.1 Å². The number of nitrogens with one attached hydrogen (secondary N) is 2. The lowest BCUT2D eigenvalue weighted by molar-refractivity contribution is 0.473. The number of fused-ring (bicyclic) bond motifs is 2. The summed E-state index contributed by atoms with van der Waals surface area (Å²) < 4.78 is 0. The molecule has 3 N–H and O–H groups in total. The Balaban J connectivity index is 1.51. The number of aromatic nitrogens is 6. The molecule has 0 aliphatic carbocycles. The first-order chi connectivity index (χ1) is 15.2. The number of aromatic amines is 2. The standard InChI is InChI=1S/C23H16N6OS/c1-12-2-5-20(31-12)15-6-7-25-23-16(15)9-19(27-23)22-21-18(28-29-22)4-3-17(26-21)13-8-14(30)11-24-10-13/h2-11,30H,1H3,(H,25,27)(H,28,29). The predicted molar refractivity (Wildman–Crippen MR) is 122 cm³/mol. The van der Waals surface area contributed by atoms with Gasteiger partial charge < -0.3 is 10.1 Å². The fraction of sp³-hybridized carbons (Fsp3) is 0.0435. The van der Waals surface area contributed by atoms with Gasteiger partial charge in [0.25, 0.3) is 0 Å². The van der Waals surface area contributed by atoms with Crippen molar-refractivity contribution in [2.45, 2.75) is 6.92 Å². The molecule has 0 radical (unpaired) electrons. The molecule has 0 bridgehead atoms. The van der Waals surface area contributed by atoms with Gasteiger partial charge in [0.05, 0.1) is 23.1 Å². The largest absolute Gasteiger partial charge is 0.506 e. The van der Waals surface area contributed by atoms with E-state index >= 15 is 0 Å². The summed E-state index contributed by atoms with van der Waals surface area (Å²) >= 11 is 1.76. The zero-order chi connectivity index (χ0) is 20.9. The molecule has 0 unspecified atom stereocenters. The van der Waals surface area contributed by atoms with Gasteiger partial charge in [0.2, 0.25) is 0 Å². The normalized spacial score (nSPS) is 11.5. The van der Waals surface area contributed by atoms with Crippen LogP contribution in [0.5, 0.6) is 5.75 Å². The molecule has 6 rings (SSSR count). The van der Waals surface area contributed by atoms with Gasteiger partial charge in [0.1, 0.15) is 22.6 Å². The Labute approximate surface area is 180 Å². The zero-order valence-corrected chi connectivity index (χ0v) is 17.2. The first kappa shape index (κ1) is 17.8. The molecular weight excluding hydrogens is 408 g/mol. The molecule has 0 aliphatic rings. The SMILES string of the molecule is Cc1ccc(-c2ccnc3[nH]c(-c4n[nH]c5ccc(-c6cncc(O)c6)nc45)cc23)s1. The van der Waals surface area contributed by atoms with Gasteiger partial charge in [0.15, 0.2) is 0 Å². The number of aryl methyl sites for hydroxylation is 1. The van der Waals surface area contributed by atoms with Crippen molar-refractivity contribution in [2.75, 3.05) is 0 Å². The highest BCUT2D eigenvalue weighted by Gasteiger charge is 2.16. The van der Waals surface area contributed by atoms with E-state index in [2.05, 4.69) is 50.3 Å². The molecule has 0 saturated carbocycles. The van der Waals surface area contributed by atoms with Crippen molar-refractivity contribution in [3.05, 3.63) is 65.9 Å². The Morgan fingerprint density at radius 3 is 2.81 bits per heavy atom. The quantitative estimate of drug-likeness (QED) is 0.357. The van der Waals surface area contributed by atoms with Crippen LogP contribution < -0.4 is 0 Å². The summed E-state index contributed by atoms with van der Waals surface area (Å²) in [7, 11) is 0. The molecule has 8 heteroatoms. The highest BCUT2D eigenvalue weighted by atomic mass is 32.1. The van der Waals surface area contributed by atoms with Crippen molar-refractivity contribution >= 4 is 33.4 Å².